The third-order valence-corrected chi connectivity index (χ3v) is 3.19. The summed E-state index contributed by atoms with van der Waals surface area (Å²) in [6, 6.07) is 15.3. The van der Waals surface area contributed by atoms with Gasteiger partial charge in [-0.25, -0.2) is 0 Å². The molecule has 0 aromatic heterocycles. The van der Waals surface area contributed by atoms with Gasteiger partial charge in [0.25, 0.3) is 0 Å². The SMILES string of the molecule is CCNCC(C)Cc1cccc2ccccc12. The molecule has 0 amide bonds. The third-order valence-electron chi connectivity index (χ3n) is 3.19. The molecule has 0 fully saturated rings. The largest absolute Gasteiger partial charge is 0.317 e. The zero-order valence-corrected chi connectivity index (χ0v) is 10.7. The van der Waals surface area contributed by atoms with Crippen LogP contribution in [0.4, 0.5) is 0 Å². The summed E-state index contributed by atoms with van der Waals surface area (Å²) in [7, 11) is 0. The average molecular weight is 227 g/mol. The zero-order chi connectivity index (χ0) is 12.1. The second kappa shape index (κ2) is 5.83. The van der Waals surface area contributed by atoms with E-state index in [1.807, 2.05) is 0 Å². The van der Waals surface area contributed by atoms with Crippen molar-refractivity contribution in [3.05, 3.63) is 48.0 Å². The molecule has 0 heterocycles. The van der Waals surface area contributed by atoms with Crippen molar-refractivity contribution in [3.63, 3.8) is 0 Å². The molecule has 0 aliphatic rings. The van der Waals surface area contributed by atoms with Crippen molar-refractivity contribution < 1.29 is 0 Å². The number of hydrogen-bond acceptors (Lipinski definition) is 1. The monoisotopic (exact) mass is 227 g/mol. The van der Waals surface area contributed by atoms with Crippen LogP contribution >= 0.6 is 0 Å². The van der Waals surface area contributed by atoms with Crippen LogP contribution < -0.4 is 5.32 Å². The number of hydrogen-bond donors (Lipinski definition) is 1. The van der Waals surface area contributed by atoms with Crippen molar-refractivity contribution in [1.82, 2.24) is 5.32 Å². The fourth-order valence-corrected chi connectivity index (χ4v) is 2.31. The first-order valence-electron chi connectivity index (χ1n) is 6.48. The molecule has 0 spiro atoms. The molecule has 1 unspecified atom stereocenters. The number of nitrogens with one attached hydrogen (secondary N) is 1. The minimum atomic E-state index is 0.681. The van der Waals surface area contributed by atoms with E-state index >= 15 is 0 Å². The Labute approximate surface area is 104 Å². The predicted molar refractivity (Wildman–Crippen MR) is 75.4 cm³/mol. The van der Waals surface area contributed by atoms with Crippen molar-refractivity contribution in [2.24, 2.45) is 5.92 Å². The average Bonchev–Trinajstić information content (AvgIpc) is 2.37. The third kappa shape index (κ3) is 3.07. The van der Waals surface area contributed by atoms with Gasteiger partial charge in [-0.1, -0.05) is 56.3 Å². The van der Waals surface area contributed by atoms with Crippen molar-refractivity contribution in [3.8, 4) is 0 Å². The van der Waals surface area contributed by atoms with E-state index in [9.17, 15) is 0 Å². The minimum absolute atomic E-state index is 0.681. The van der Waals surface area contributed by atoms with E-state index in [0.717, 1.165) is 19.5 Å². The van der Waals surface area contributed by atoms with Crippen LogP contribution in [-0.4, -0.2) is 13.1 Å². The fourth-order valence-electron chi connectivity index (χ4n) is 2.31. The molecule has 0 aliphatic heterocycles. The van der Waals surface area contributed by atoms with Gasteiger partial charge < -0.3 is 5.32 Å². The van der Waals surface area contributed by atoms with Crippen molar-refractivity contribution in [2.75, 3.05) is 13.1 Å². The standard InChI is InChI=1S/C16H21N/c1-3-17-12-13(2)11-15-9-6-8-14-7-4-5-10-16(14)15/h4-10,13,17H,3,11-12H2,1-2H3. The Morgan fingerprint density at radius 1 is 1.06 bits per heavy atom. The van der Waals surface area contributed by atoms with E-state index < -0.39 is 0 Å². The lowest BCUT2D eigenvalue weighted by atomic mass is 9.96. The number of rotatable bonds is 5. The van der Waals surface area contributed by atoms with Gasteiger partial charge in [-0.05, 0) is 41.8 Å². The quantitative estimate of drug-likeness (QED) is 0.822. The Bertz CT molecular complexity index is 470. The Morgan fingerprint density at radius 3 is 2.65 bits per heavy atom. The van der Waals surface area contributed by atoms with Crippen molar-refractivity contribution >= 4 is 10.8 Å². The van der Waals surface area contributed by atoms with Gasteiger partial charge in [0.1, 0.15) is 0 Å². The Morgan fingerprint density at radius 2 is 1.82 bits per heavy atom. The summed E-state index contributed by atoms with van der Waals surface area (Å²) in [5, 5.41) is 6.17. The number of fused-ring (bicyclic) bond motifs is 1. The molecule has 0 saturated carbocycles. The van der Waals surface area contributed by atoms with Gasteiger partial charge in [0.05, 0.1) is 0 Å². The van der Waals surface area contributed by atoms with Gasteiger partial charge >= 0.3 is 0 Å². The second-order valence-corrected chi connectivity index (χ2v) is 4.76. The van der Waals surface area contributed by atoms with Crippen LogP contribution in [-0.2, 0) is 6.42 Å². The molecular formula is C16H21N. The van der Waals surface area contributed by atoms with E-state index in [2.05, 4.69) is 61.6 Å². The van der Waals surface area contributed by atoms with Crippen LogP contribution in [0.25, 0.3) is 10.8 Å². The predicted octanol–water partition coefficient (Wildman–Crippen LogP) is 3.63. The van der Waals surface area contributed by atoms with Crippen molar-refractivity contribution in [1.29, 1.82) is 0 Å². The van der Waals surface area contributed by atoms with Gasteiger partial charge in [-0.3, -0.25) is 0 Å². The molecule has 2 aromatic carbocycles. The highest BCUT2D eigenvalue weighted by molar-refractivity contribution is 5.85. The van der Waals surface area contributed by atoms with Gasteiger partial charge in [0.2, 0.25) is 0 Å². The second-order valence-electron chi connectivity index (χ2n) is 4.76. The minimum Gasteiger partial charge on any atom is -0.317 e. The molecular weight excluding hydrogens is 206 g/mol. The Hall–Kier alpha value is -1.34. The molecule has 1 nitrogen and oxygen atoms in total. The summed E-state index contributed by atoms with van der Waals surface area (Å²) in [6.07, 6.45) is 1.15. The summed E-state index contributed by atoms with van der Waals surface area (Å²) >= 11 is 0. The van der Waals surface area contributed by atoms with Crippen LogP contribution in [0, 0.1) is 5.92 Å². The smallest absolute Gasteiger partial charge is 0.00201 e. The van der Waals surface area contributed by atoms with Crippen LogP contribution in [0.5, 0.6) is 0 Å². The van der Waals surface area contributed by atoms with Gasteiger partial charge in [0, 0.05) is 0 Å². The molecule has 1 N–H and O–H groups in total. The van der Waals surface area contributed by atoms with E-state index in [1.54, 1.807) is 0 Å². The van der Waals surface area contributed by atoms with E-state index in [-0.39, 0.29) is 0 Å². The lowest BCUT2D eigenvalue weighted by molar-refractivity contribution is 0.523. The molecule has 17 heavy (non-hydrogen) atoms. The van der Waals surface area contributed by atoms with Crippen LogP contribution in [0.2, 0.25) is 0 Å². The summed E-state index contributed by atoms with van der Waals surface area (Å²) in [4.78, 5) is 0. The van der Waals surface area contributed by atoms with E-state index in [4.69, 9.17) is 0 Å². The highest BCUT2D eigenvalue weighted by atomic mass is 14.8. The Balaban J connectivity index is 2.18. The molecule has 0 saturated heterocycles. The fraction of sp³-hybridized carbons (Fsp3) is 0.375. The molecule has 0 aliphatic carbocycles. The maximum atomic E-state index is 3.42. The lowest BCUT2D eigenvalue weighted by Crippen LogP contribution is -2.21. The van der Waals surface area contributed by atoms with Crippen LogP contribution in [0.1, 0.15) is 19.4 Å². The maximum Gasteiger partial charge on any atom is -0.00201 e. The van der Waals surface area contributed by atoms with Gasteiger partial charge in [-0.2, -0.15) is 0 Å². The molecule has 1 atom stereocenters. The Kier molecular flexibility index (Phi) is 4.16. The molecule has 0 radical (unpaired) electrons. The topological polar surface area (TPSA) is 12.0 Å². The van der Waals surface area contributed by atoms with Crippen LogP contribution in [0.3, 0.4) is 0 Å². The molecule has 90 valence electrons. The summed E-state index contributed by atoms with van der Waals surface area (Å²) in [5.41, 5.74) is 1.47. The summed E-state index contributed by atoms with van der Waals surface area (Å²) in [5.74, 6) is 0.681. The highest BCUT2D eigenvalue weighted by Crippen LogP contribution is 2.20. The highest BCUT2D eigenvalue weighted by Gasteiger charge is 2.05. The van der Waals surface area contributed by atoms with E-state index in [1.165, 1.54) is 16.3 Å². The first-order chi connectivity index (χ1) is 8.31. The van der Waals surface area contributed by atoms with Crippen molar-refractivity contribution in [2.45, 2.75) is 20.3 Å². The summed E-state index contributed by atoms with van der Waals surface area (Å²) < 4.78 is 0. The first-order valence-corrected chi connectivity index (χ1v) is 6.48. The molecule has 2 aromatic rings. The van der Waals surface area contributed by atoms with E-state index in [0.29, 0.717) is 5.92 Å². The first kappa shape index (κ1) is 12.1. The normalized spacial score (nSPS) is 12.8. The maximum absolute atomic E-state index is 3.42. The lowest BCUT2D eigenvalue weighted by Gasteiger charge is -2.13. The van der Waals surface area contributed by atoms with Crippen LogP contribution in [0.15, 0.2) is 42.5 Å². The zero-order valence-electron chi connectivity index (χ0n) is 10.7. The molecule has 1 heteroatoms. The number of benzene rings is 2. The van der Waals surface area contributed by atoms with Gasteiger partial charge in [0.15, 0.2) is 0 Å². The van der Waals surface area contributed by atoms with Gasteiger partial charge in [-0.15, -0.1) is 0 Å². The summed E-state index contributed by atoms with van der Waals surface area (Å²) in [6.45, 7) is 6.62. The molecule has 2 rings (SSSR count). The molecule has 0 bridgehead atoms.